The Morgan fingerprint density at radius 2 is 1.88 bits per heavy atom. The lowest BCUT2D eigenvalue weighted by Crippen LogP contribution is -1.97. The molecule has 0 unspecified atom stereocenters. The molecule has 0 aromatic heterocycles. The summed E-state index contributed by atoms with van der Waals surface area (Å²) in [5.74, 6) is 1.88. The van der Waals surface area contributed by atoms with Gasteiger partial charge in [0.05, 0.1) is 5.76 Å². The molecule has 1 aromatic rings. The molecular weight excluding hydrogens is 200 g/mol. The second-order valence-corrected chi connectivity index (χ2v) is 3.85. The minimum atomic E-state index is 0.0844. The molecule has 0 aliphatic carbocycles. The van der Waals surface area contributed by atoms with E-state index in [1.165, 1.54) is 0 Å². The SMILES string of the molecule is CC(=O)c1ccc(C2=CCC=C(C)O2)cc1. The van der Waals surface area contributed by atoms with Gasteiger partial charge in [0.15, 0.2) is 5.78 Å². The fourth-order valence-corrected chi connectivity index (χ4v) is 1.63. The normalized spacial score (nSPS) is 14.9. The van der Waals surface area contributed by atoms with E-state index in [1.54, 1.807) is 6.92 Å². The molecule has 82 valence electrons. The molecule has 1 heterocycles. The number of rotatable bonds is 2. The third kappa shape index (κ3) is 2.22. The lowest BCUT2D eigenvalue weighted by atomic mass is 10.1. The van der Waals surface area contributed by atoms with Crippen molar-refractivity contribution in [3.8, 4) is 0 Å². The molecule has 0 N–H and O–H groups in total. The van der Waals surface area contributed by atoms with Crippen LogP contribution in [0.3, 0.4) is 0 Å². The molecule has 0 radical (unpaired) electrons. The van der Waals surface area contributed by atoms with E-state index in [0.717, 1.165) is 29.1 Å². The molecule has 2 rings (SSSR count). The van der Waals surface area contributed by atoms with Crippen molar-refractivity contribution in [2.45, 2.75) is 20.3 Å². The van der Waals surface area contributed by atoms with Crippen molar-refractivity contribution in [2.24, 2.45) is 0 Å². The fraction of sp³-hybridized carbons (Fsp3) is 0.214. The number of ether oxygens (including phenoxy) is 1. The van der Waals surface area contributed by atoms with Gasteiger partial charge in [0.25, 0.3) is 0 Å². The van der Waals surface area contributed by atoms with Gasteiger partial charge in [0.1, 0.15) is 5.76 Å². The Hall–Kier alpha value is -1.83. The van der Waals surface area contributed by atoms with Crippen molar-refractivity contribution in [1.29, 1.82) is 0 Å². The van der Waals surface area contributed by atoms with Gasteiger partial charge in [-0.3, -0.25) is 4.79 Å². The number of ketones is 1. The van der Waals surface area contributed by atoms with E-state index in [9.17, 15) is 4.79 Å². The highest BCUT2D eigenvalue weighted by molar-refractivity contribution is 5.94. The molecule has 1 aromatic carbocycles. The van der Waals surface area contributed by atoms with Crippen molar-refractivity contribution < 1.29 is 9.53 Å². The maximum atomic E-state index is 11.1. The van der Waals surface area contributed by atoms with E-state index < -0.39 is 0 Å². The van der Waals surface area contributed by atoms with Gasteiger partial charge in [-0.05, 0) is 32.4 Å². The van der Waals surface area contributed by atoms with Gasteiger partial charge in [0.2, 0.25) is 0 Å². The molecule has 0 saturated carbocycles. The Morgan fingerprint density at radius 1 is 1.19 bits per heavy atom. The average Bonchev–Trinajstić information content (AvgIpc) is 2.29. The van der Waals surface area contributed by atoms with E-state index in [0.29, 0.717) is 0 Å². The number of hydrogen-bond donors (Lipinski definition) is 0. The second kappa shape index (κ2) is 4.35. The van der Waals surface area contributed by atoms with Crippen molar-refractivity contribution in [3.05, 3.63) is 53.3 Å². The molecule has 0 amide bonds. The number of carbonyl (C=O) groups excluding carboxylic acids is 1. The third-order valence-corrected chi connectivity index (χ3v) is 2.56. The van der Waals surface area contributed by atoms with Crippen molar-refractivity contribution >= 4 is 11.5 Å². The minimum absolute atomic E-state index is 0.0844. The number of Topliss-reactive ketones (excluding diaryl/α,β-unsaturated/α-hetero) is 1. The van der Waals surface area contributed by atoms with Crippen LogP contribution in [-0.4, -0.2) is 5.78 Å². The minimum Gasteiger partial charge on any atom is -0.462 e. The molecular formula is C14H14O2. The lowest BCUT2D eigenvalue weighted by Gasteiger charge is -2.14. The van der Waals surface area contributed by atoms with Crippen LogP contribution in [0.25, 0.3) is 5.76 Å². The standard InChI is InChI=1S/C14H14O2/c1-10-4-3-5-14(16-10)13-8-6-12(7-9-13)11(2)15/h4-9H,3H2,1-2H3. The molecule has 0 fully saturated rings. The zero-order valence-corrected chi connectivity index (χ0v) is 9.49. The summed E-state index contributed by atoms with van der Waals surface area (Å²) < 4.78 is 5.61. The maximum Gasteiger partial charge on any atom is 0.159 e. The molecule has 16 heavy (non-hydrogen) atoms. The predicted octanol–water partition coefficient (Wildman–Crippen LogP) is 3.55. The highest BCUT2D eigenvalue weighted by Gasteiger charge is 2.08. The Bertz CT molecular complexity index is 464. The molecule has 2 nitrogen and oxygen atoms in total. The van der Waals surface area contributed by atoms with Crippen LogP contribution in [0.2, 0.25) is 0 Å². The quantitative estimate of drug-likeness (QED) is 0.704. The average molecular weight is 214 g/mol. The third-order valence-electron chi connectivity index (χ3n) is 2.56. The summed E-state index contributed by atoms with van der Waals surface area (Å²) >= 11 is 0. The molecule has 1 aliphatic rings. The van der Waals surface area contributed by atoms with Crippen LogP contribution < -0.4 is 0 Å². The van der Waals surface area contributed by atoms with Gasteiger partial charge < -0.3 is 4.74 Å². The Kier molecular flexibility index (Phi) is 2.91. The fourth-order valence-electron chi connectivity index (χ4n) is 1.63. The summed E-state index contributed by atoms with van der Waals surface area (Å²) in [6.07, 6.45) is 4.97. The maximum absolute atomic E-state index is 11.1. The van der Waals surface area contributed by atoms with E-state index >= 15 is 0 Å². The number of benzene rings is 1. The summed E-state index contributed by atoms with van der Waals surface area (Å²) in [6, 6.07) is 7.49. The zero-order valence-electron chi connectivity index (χ0n) is 9.49. The van der Waals surface area contributed by atoms with Crippen molar-refractivity contribution in [3.63, 3.8) is 0 Å². The Balaban J connectivity index is 2.22. The van der Waals surface area contributed by atoms with Crippen LogP contribution in [-0.2, 0) is 4.74 Å². The molecule has 0 saturated heterocycles. The summed E-state index contributed by atoms with van der Waals surface area (Å²) in [5, 5.41) is 0. The van der Waals surface area contributed by atoms with Crippen LogP contribution in [0, 0.1) is 0 Å². The van der Waals surface area contributed by atoms with Gasteiger partial charge >= 0.3 is 0 Å². The summed E-state index contributed by atoms with van der Waals surface area (Å²) in [5.41, 5.74) is 1.74. The van der Waals surface area contributed by atoms with Gasteiger partial charge in [0, 0.05) is 11.1 Å². The molecule has 0 bridgehead atoms. The van der Waals surface area contributed by atoms with Crippen LogP contribution in [0.1, 0.15) is 36.2 Å². The van der Waals surface area contributed by atoms with Gasteiger partial charge in [-0.25, -0.2) is 0 Å². The first-order chi connectivity index (χ1) is 7.66. The van der Waals surface area contributed by atoms with Crippen LogP contribution in [0.5, 0.6) is 0 Å². The van der Waals surface area contributed by atoms with E-state index in [2.05, 4.69) is 0 Å². The van der Waals surface area contributed by atoms with E-state index in [-0.39, 0.29) is 5.78 Å². The zero-order chi connectivity index (χ0) is 11.5. The smallest absolute Gasteiger partial charge is 0.159 e. The van der Waals surface area contributed by atoms with E-state index in [1.807, 2.05) is 43.3 Å². The number of carbonyl (C=O) groups is 1. The largest absolute Gasteiger partial charge is 0.462 e. The first kappa shape index (κ1) is 10.7. The highest BCUT2D eigenvalue weighted by Crippen LogP contribution is 2.24. The second-order valence-electron chi connectivity index (χ2n) is 3.85. The predicted molar refractivity (Wildman–Crippen MR) is 63.9 cm³/mol. The van der Waals surface area contributed by atoms with Gasteiger partial charge in [-0.15, -0.1) is 0 Å². The number of allylic oxidation sites excluding steroid dienone is 3. The lowest BCUT2D eigenvalue weighted by molar-refractivity contribution is 0.101. The van der Waals surface area contributed by atoms with Crippen molar-refractivity contribution in [1.82, 2.24) is 0 Å². The first-order valence-corrected chi connectivity index (χ1v) is 5.33. The van der Waals surface area contributed by atoms with Gasteiger partial charge in [-0.2, -0.15) is 0 Å². The van der Waals surface area contributed by atoms with E-state index in [4.69, 9.17) is 4.74 Å². The summed E-state index contributed by atoms with van der Waals surface area (Å²) in [7, 11) is 0. The van der Waals surface area contributed by atoms with Gasteiger partial charge in [-0.1, -0.05) is 24.3 Å². The molecule has 0 spiro atoms. The molecule has 1 aliphatic heterocycles. The highest BCUT2D eigenvalue weighted by atomic mass is 16.5. The monoisotopic (exact) mass is 214 g/mol. The summed E-state index contributed by atoms with van der Waals surface area (Å²) in [4.78, 5) is 11.1. The van der Waals surface area contributed by atoms with Crippen LogP contribution in [0.15, 0.2) is 42.2 Å². The summed E-state index contributed by atoms with van der Waals surface area (Å²) in [6.45, 7) is 3.51. The molecule has 2 heteroatoms. The topological polar surface area (TPSA) is 26.3 Å². The first-order valence-electron chi connectivity index (χ1n) is 5.33. The van der Waals surface area contributed by atoms with Crippen molar-refractivity contribution in [2.75, 3.05) is 0 Å². The Labute approximate surface area is 95.2 Å². The van der Waals surface area contributed by atoms with Crippen LogP contribution >= 0.6 is 0 Å². The van der Waals surface area contributed by atoms with Crippen LogP contribution in [0.4, 0.5) is 0 Å². The Morgan fingerprint density at radius 3 is 2.44 bits per heavy atom. The number of hydrogen-bond acceptors (Lipinski definition) is 2. The molecule has 0 atom stereocenters.